The van der Waals surface area contributed by atoms with E-state index in [4.69, 9.17) is 0 Å². The van der Waals surface area contributed by atoms with Crippen molar-refractivity contribution in [2.24, 2.45) is 0 Å². The summed E-state index contributed by atoms with van der Waals surface area (Å²) in [5, 5.41) is 23.0. The first kappa shape index (κ1) is 18.4. The van der Waals surface area contributed by atoms with Crippen LogP contribution in [0.5, 0.6) is 0 Å². The summed E-state index contributed by atoms with van der Waals surface area (Å²) in [6, 6.07) is 18.6. The van der Waals surface area contributed by atoms with E-state index in [2.05, 4.69) is 70.8 Å². The van der Waals surface area contributed by atoms with Gasteiger partial charge in [0.25, 0.3) is 0 Å². The number of hydrogen-bond donors (Lipinski definition) is 0. The zero-order chi connectivity index (χ0) is 19.5. The van der Waals surface area contributed by atoms with Crippen molar-refractivity contribution in [1.29, 1.82) is 0 Å². The molecule has 4 rings (SSSR count). The van der Waals surface area contributed by atoms with Crippen LogP contribution in [0, 0.1) is 0 Å². The molecule has 0 fully saturated rings. The summed E-state index contributed by atoms with van der Waals surface area (Å²) in [5.41, 5.74) is 3.35. The molecule has 0 bridgehead atoms. The van der Waals surface area contributed by atoms with Gasteiger partial charge in [-0.05, 0) is 35.4 Å². The van der Waals surface area contributed by atoms with Crippen LogP contribution in [0.2, 0.25) is 0 Å². The molecule has 28 heavy (non-hydrogen) atoms. The molecule has 0 saturated heterocycles. The van der Waals surface area contributed by atoms with Gasteiger partial charge in [-0.25, -0.2) is 4.68 Å². The zero-order valence-electron chi connectivity index (χ0n) is 16.1. The van der Waals surface area contributed by atoms with E-state index in [1.807, 2.05) is 35.0 Å². The predicted octanol–water partition coefficient (Wildman–Crippen LogP) is 4.79. The third-order valence-electron chi connectivity index (χ3n) is 4.58. The van der Waals surface area contributed by atoms with Crippen LogP contribution < -0.4 is 0 Å². The molecule has 0 aliphatic heterocycles. The largest absolute Gasteiger partial charge is 0.222 e. The van der Waals surface area contributed by atoms with Gasteiger partial charge in [0.1, 0.15) is 10.0 Å². The van der Waals surface area contributed by atoms with Crippen LogP contribution >= 0.6 is 11.3 Å². The highest BCUT2D eigenvalue weighted by Gasteiger charge is 2.16. The molecular formula is C21H22N6S. The summed E-state index contributed by atoms with van der Waals surface area (Å²) in [7, 11) is 0. The lowest BCUT2D eigenvalue weighted by atomic mass is 10.0. The fourth-order valence-corrected chi connectivity index (χ4v) is 3.95. The maximum atomic E-state index is 4.36. The number of benzene rings is 2. The Morgan fingerprint density at radius 3 is 2.43 bits per heavy atom. The van der Waals surface area contributed by atoms with Gasteiger partial charge in [-0.2, -0.15) is 0 Å². The van der Waals surface area contributed by atoms with Gasteiger partial charge >= 0.3 is 0 Å². The van der Waals surface area contributed by atoms with E-state index in [1.165, 1.54) is 5.56 Å². The lowest BCUT2D eigenvalue weighted by molar-refractivity contribution is 0.479. The maximum Gasteiger partial charge on any atom is 0.182 e. The quantitative estimate of drug-likeness (QED) is 0.474. The highest BCUT2D eigenvalue weighted by atomic mass is 32.1. The van der Waals surface area contributed by atoms with Crippen molar-refractivity contribution >= 4 is 11.3 Å². The van der Waals surface area contributed by atoms with E-state index >= 15 is 0 Å². The molecule has 4 aromatic rings. The zero-order valence-corrected chi connectivity index (χ0v) is 17.0. The molecule has 7 heteroatoms. The number of hydrogen-bond acceptors (Lipinski definition) is 6. The number of aromatic nitrogens is 6. The van der Waals surface area contributed by atoms with E-state index in [0.29, 0.717) is 5.92 Å². The van der Waals surface area contributed by atoms with Gasteiger partial charge in [0.15, 0.2) is 5.82 Å². The van der Waals surface area contributed by atoms with Crippen LogP contribution in [0.3, 0.4) is 0 Å². The molecule has 0 spiro atoms. The van der Waals surface area contributed by atoms with Crippen LogP contribution in [0.4, 0.5) is 0 Å². The Hall–Kier alpha value is -2.93. The molecule has 2 aromatic heterocycles. The Balaban J connectivity index is 1.56. The number of nitrogens with zero attached hydrogens (tertiary/aromatic N) is 6. The third kappa shape index (κ3) is 3.84. The van der Waals surface area contributed by atoms with Crippen LogP contribution in [0.25, 0.3) is 22.0 Å². The van der Waals surface area contributed by atoms with Crippen molar-refractivity contribution in [2.75, 3.05) is 0 Å². The van der Waals surface area contributed by atoms with Gasteiger partial charge in [-0.15, -0.1) is 15.3 Å². The average Bonchev–Trinajstić information content (AvgIpc) is 3.39. The van der Waals surface area contributed by atoms with Gasteiger partial charge in [0, 0.05) is 17.0 Å². The second-order valence-corrected chi connectivity index (χ2v) is 8.18. The highest BCUT2D eigenvalue weighted by Crippen LogP contribution is 2.29. The Bertz CT molecular complexity index is 1050. The second-order valence-electron chi connectivity index (χ2n) is 7.17. The molecule has 0 radical (unpaired) electrons. The van der Waals surface area contributed by atoms with Crippen molar-refractivity contribution in [2.45, 2.75) is 39.2 Å². The van der Waals surface area contributed by atoms with Gasteiger partial charge < -0.3 is 0 Å². The Kier molecular flexibility index (Phi) is 5.25. The first-order chi connectivity index (χ1) is 13.6. The molecule has 1 unspecified atom stereocenters. The minimum absolute atomic E-state index is 0.126. The Labute approximate surface area is 168 Å². The van der Waals surface area contributed by atoms with Crippen LogP contribution in [0.1, 0.15) is 43.3 Å². The van der Waals surface area contributed by atoms with E-state index in [0.717, 1.165) is 33.4 Å². The number of rotatable bonds is 6. The minimum Gasteiger partial charge on any atom is -0.222 e. The monoisotopic (exact) mass is 390 g/mol. The summed E-state index contributed by atoms with van der Waals surface area (Å²) in [6.07, 6.45) is 0.828. The summed E-state index contributed by atoms with van der Waals surface area (Å²) in [6.45, 7) is 6.41. The lowest BCUT2D eigenvalue weighted by Crippen LogP contribution is -2.12. The predicted molar refractivity (Wildman–Crippen MR) is 111 cm³/mol. The Morgan fingerprint density at radius 1 is 0.893 bits per heavy atom. The molecule has 1 atom stereocenters. The molecule has 2 aromatic carbocycles. The normalized spacial score (nSPS) is 12.4. The summed E-state index contributed by atoms with van der Waals surface area (Å²) >= 11 is 1.66. The topological polar surface area (TPSA) is 69.4 Å². The van der Waals surface area contributed by atoms with Crippen molar-refractivity contribution in [3.63, 3.8) is 0 Å². The molecule has 142 valence electrons. The van der Waals surface area contributed by atoms with Gasteiger partial charge in [-0.3, -0.25) is 0 Å². The number of tetrazole rings is 1. The summed E-state index contributed by atoms with van der Waals surface area (Å²) in [4.78, 5) is 0. The maximum absolute atomic E-state index is 4.36. The Morgan fingerprint density at radius 2 is 1.68 bits per heavy atom. The molecule has 0 N–H and O–H groups in total. The van der Waals surface area contributed by atoms with E-state index in [1.54, 1.807) is 11.3 Å². The molecule has 0 aliphatic rings. The molecule has 6 nitrogen and oxygen atoms in total. The van der Waals surface area contributed by atoms with Gasteiger partial charge in [-0.1, -0.05) is 73.7 Å². The average molecular weight is 391 g/mol. The van der Waals surface area contributed by atoms with Crippen LogP contribution in [0.15, 0.2) is 54.6 Å². The van der Waals surface area contributed by atoms with Gasteiger partial charge in [0.2, 0.25) is 0 Å². The highest BCUT2D eigenvalue weighted by molar-refractivity contribution is 7.14. The molecular weight excluding hydrogens is 368 g/mol. The first-order valence-corrected chi connectivity index (χ1v) is 10.2. The fraction of sp³-hybridized carbons (Fsp3) is 0.286. The second kappa shape index (κ2) is 7.98. The van der Waals surface area contributed by atoms with E-state index < -0.39 is 0 Å². The smallest absolute Gasteiger partial charge is 0.182 e. The van der Waals surface area contributed by atoms with Crippen molar-refractivity contribution < 1.29 is 0 Å². The van der Waals surface area contributed by atoms with Crippen LogP contribution in [-0.2, 0) is 6.42 Å². The van der Waals surface area contributed by atoms with Crippen LogP contribution in [-0.4, -0.2) is 30.4 Å². The first-order valence-electron chi connectivity index (χ1n) is 9.38. The van der Waals surface area contributed by atoms with E-state index in [-0.39, 0.29) is 6.04 Å². The molecule has 0 aliphatic carbocycles. The minimum atomic E-state index is 0.126. The van der Waals surface area contributed by atoms with Crippen molar-refractivity contribution in [1.82, 2.24) is 30.4 Å². The summed E-state index contributed by atoms with van der Waals surface area (Å²) in [5.74, 6) is 1.18. The molecule has 0 amide bonds. The molecule has 2 heterocycles. The van der Waals surface area contributed by atoms with Crippen molar-refractivity contribution in [3.8, 4) is 22.0 Å². The van der Waals surface area contributed by atoms with Gasteiger partial charge in [0.05, 0.1) is 6.04 Å². The standard InChI is InChI=1S/C21H22N6S/c1-14(2)20-23-24-21(28-20)18-11-7-8-16(13-18)12-15(3)27-19(22-25-26-27)17-9-5-4-6-10-17/h4-11,13-15H,12H2,1-3H3. The lowest BCUT2D eigenvalue weighted by Gasteiger charge is -2.14. The van der Waals surface area contributed by atoms with E-state index in [9.17, 15) is 0 Å². The molecule has 0 saturated carbocycles. The SMILES string of the molecule is CC(C)c1nnc(-c2cccc(CC(C)n3nnnc3-c3ccccc3)c2)s1. The fourth-order valence-electron chi connectivity index (χ4n) is 3.11. The third-order valence-corrected chi connectivity index (χ3v) is 5.85. The summed E-state index contributed by atoms with van der Waals surface area (Å²) < 4.78 is 1.89. The van der Waals surface area contributed by atoms with Crippen molar-refractivity contribution in [3.05, 3.63) is 65.2 Å².